The minimum atomic E-state index is 0.137. The van der Waals surface area contributed by atoms with Gasteiger partial charge in [-0.25, -0.2) is 0 Å². The summed E-state index contributed by atoms with van der Waals surface area (Å²) in [6.45, 7) is 11.1. The molecule has 2 aliphatic rings. The van der Waals surface area contributed by atoms with Crippen LogP contribution < -0.4 is 5.73 Å². The largest absolute Gasteiger partial charge is 0.340 e. The lowest BCUT2D eigenvalue weighted by atomic mass is 9.66. The zero-order chi connectivity index (χ0) is 14.1. The van der Waals surface area contributed by atoms with Crippen molar-refractivity contribution in [1.29, 1.82) is 0 Å². The van der Waals surface area contributed by atoms with Gasteiger partial charge < -0.3 is 10.6 Å². The Morgan fingerprint density at radius 3 is 2.11 bits per heavy atom. The molecule has 2 rings (SSSR count). The predicted molar refractivity (Wildman–Crippen MR) is 77.9 cm³/mol. The maximum Gasteiger partial charge on any atom is 0.223 e. The molecule has 0 unspecified atom stereocenters. The van der Waals surface area contributed by atoms with Crippen LogP contribution in [0.5, 0.6) is 0 Å². The molecule has 0 aromatic rings. The monoisotopic (exact) mass is 267 g/mol. The highest BCUT2D eigenvalue weighted by molar-refractivity contribution is 5.77. The van der Waals surface area contributed by atoms with E-state index < -0.39 is 0 Å². The van der Waals surface area contributed by atoms with Crippen LogP contribution in [-0.4, -0.2) is 54.0 Å². The lowest BCUT2D eigenvalue weighted by Gasteiger charge is -2.45. The number of nitrogens with zero attached hydrogens (tertiary/aromatic N) is 2. The summed E-state index contributed by atoms with van der Waals surface area (Å²) in [7, 11) is 0. The molecule has 1 saturated heterocycles. The number of hydrogen-bond acceptors (Lipinski definition) is 3. The van der Waals surface area contributed by atoms with E-state index in [2.05, 4.69) is 25.7 Å². The predicted octanol–water partition coefficient (Wildman–Crippen LogP) is 1.45. The minimum absolute atomic E-state index is 0.137. The van der Waals surface area contributed by atoms with Gasteiger partial charge in [0.15, 0.2) is 0 Å². The first-order chi connectivity index (χ1) is 8.86. The zero-order valence-corrected chi connectivity index (χ0v) is 12.7. The van der Waals surface area contributed by atoms with Crippen LogP contribution in [0.15, 0.2) is 0 Å². The number of rotatable bonds is 3. The average Bonchev–Trinajstić information content (AvgIpc) is 2.32. The van der Waals surface area contributed by atoms with Gasteiger partial charge in [0, 0.05) is 38.1 Å². The summed E-state index contributed by atoms with van der Waals surface area (Å²) in [5.74, 6) is 0.318. The molecule has 1 aliphatic carbocycles. The van der Waals surface area contributed by atoms with Crippen LogP contribution in [0.3, 0.4) is 0 Å². The maximum atomic E-state index is 12.4. The van der Waals surface area contributed by atoms with Crippen LogP contribution in [0.4, 0.5) is 0 Å². The van der Waals surface area contributed by atoms with Gasteiger partial charge in [-0.05, 0) is 45.6 Å². The second kappa shape index (κ2) is 5.41. The maximum absolute atomic E-state index is 12.4. The molecule has 0 aromatic carbocycles. The Morgan fingerprint density at radius 2 is 1.74 bits per heavy atom. The number of piperazine rings is 1. The fourth-order valence-electron chi connectivity index (χ4n) is 3.19. The summed E-state index contributed by atoms with van der Waals surface area (Å²) < 4.78 is 0. The van der Waals surface area contributed by atoms with E-state index in [9.17, 15) is 4.79 Å². The highest BCUT2D eigenvalue weighted by Gasteiger charge is 2.39. The van der Waals surface area contributed by atoms with E-state index in [0.717, 1.165) is 39.0 Å². The van der Waals surface area contributed by atoms with Crippen molar-refractivity contribution < 1.29 is 4.79 Å². The Morgan fingerprint density at radius 1 is 1.16 bits per heavy atom. The standard InChI is InChI=1S/C15H29N3O/c1-14(2,3)18-9-7-17(8-10-18)13(19)11-15(12-16)5-4-6-15/h4-12,16H2,1-3H3. The van der Waals surface area contributed by atoms with Crippen molar-refractivity contribution in [3.8, 4) is 0 Å². The molecule has 0 bridgehead atoms. The molecular weight excluding hydrogens is 238 g/mol. The van der Waals surface area contributed by atoms with Crippen LogP contribution in [0, 0.1) is 5.41 Å². The van der Waals surface area contributed by atoms with Crippen LogP contribution >= 0.6 is 0 Å². The van der Waals surface area contributed by atoms with E-state index in [-0.39, 0.29) is 11.0 Å². The smallest absolute Gasteiger partial charge is 0.223 e. The Labute approximate surface area is 117 Å². The second-order valence-corrected chi connectivity index (χ2v) is 7.27. The summed E-state index contributed by atoms with van der Waals surface area (Å²) in [4.78, 5) is 16.9. The van der Waals surface area contributed by atoms with Gasteiger partial charge in [-0.2, -0.15) is 0 Å². The van der Waals surface area contributed by atoms with Gasteiger partial charge in [0.2, 0.25) is 5.91 Å². The van der Waals surface area contributed by atoms with Gasteiger partial charge in [0.1, 0.15) is 0 Å². The molecule has 0 radical (unpaired) electrons. The second-order valence-electron chi connectivity index (χ2n) is 7.27. The van der Waals surface area contributed by atoms with E-state index in [4.69, 9.17) is 5.73 Å². The SMILES string of the molecule is CC(C)(C)N1CCN(C(=O)CC2(CN)CCC2)CC1. The van der Waals surface area contributed by atoms with Crippen molar-refractivity contribution in [2.75, 3.05) is 32.7 Å². The zero-order valence-electron chi connectivity index (χ0n) is 12.7. The van der Waals surface area contributed by atoms with E-state index in [1.165, 1.54) is 6.42 Å². The third kappa shape index (κ3) is 3.29. The quantitative estimate of drug-likeness (QED) is 0.842. The number of nitrogens with two attached hydrogens (primary N) is 1. The van der Waals surface area contributed by atoms with E-state index in [1.807, 2.05) is 4.90 Å². The summed E-state index contributed by atoms with van der Waals surface area (Å²) in [5, 5.41) is 0. The summed E-state index contributed by atoms with van der Waals surface area (Å²) in [6.07, 6.45) is 4.18. The first-order valence-electron chi connectivity index (χ1n) is 7.59. The molecule has 1 amide bonds. The van der Waals surface area contributed by atoms with Crippen LogP contribution in [0.25, 0.3) is 0 Å². The summed E-state index contributed by atoms with van der Waals surface area (Å²) in [6, 6.07) is 0. The fourth-order valence-corrected chi connectivity index (χ4v) is 3.19. The minimum Gasteiger partial charge on any atom is -0.340 e. The van der Waals surface area contributed by atoms with E-state index >= 15 is 0 Å². The number of hydrogen-bond donors (Lipinski definition) is 1. The molecule has 1 heterocycles. The average molecular weight is 267 g/mol. The van der Waals surface area contributed by atoms with Gasteiger partial charge in [-0.15, -0.1) is 0 Å². The fraction of sp³-hybridized carbons (Fsp3) is 0.933. The molecule has 4 heteroatoms. The Hall–Kier alpha value is -0.610. The first-order valence-corrected chi connectivity index (χ1v) is 7.59. The summed E-state index contributed by atoms with van der Waals surface area (Å²) in [5.41, 5.74) is 6.19. The highest BCUT2D eigenvalue weighted by Crippen LogP contribution is 2.43. The Balaban J connectivity index is 1.83. The van der Waals surface area contributed by atoms with Crippen molar-refractivity contribution in [3.63, 3.8) is 0 Å². The number of carbonyl (C=O) groups excluding carboxylic acids is 1. The first kappa shape index (κ1) is 14.8. The normalized spacial score (nSPS) is 24.1. The van der Waals surface area contributed by atoms with Crippen molar-refractivity contribution in [2.45, 2.75) is 52.0 Å². The lowest BCUT2D eigenvalue weighted by Crippen LogP contribution is -2.55. The molecule has 1 saturated carbocycles. The van der Waals surface area contributed by atoms with Crippen molar-refractivity contribution in [3.05, 3.63) is 0 Å². The van der Waals surface area contributed by atoms with Gasteiger partial charge in [0.25, 0.3) is 0 Å². The van der Waals surface area contributed by atoms with Gasteiger partial charge >= 0.3 is 0 Å². The van der Waals surface area contributed by atoms with Gasteiger partial charge in [-0.3, -0.25) is 9.69 Å². The van der Waals surface area contributed by atoms with Crippen molar-refractivity contribution in [1.82, 2.24) is 9.80 Å². The molecule has 2 fully saturated rings. The van der Waals surface area contributed by atoms with E-state index in [1.54, 1.807) is 0 Å². The number of carbonyl (C=O) groups is 1. The molecule has 1 aliphatic heterocycles. The number of amides is 1. The van der Waals surface area contributed by atoms with Crippen molar-refractivity contribution >= 4 is 5.91 Å². The van der Waals surface area contributed by atoms with Crippen LogP contribution in [-0.2, 0) is 4.79 Å². The molecule has 110 valence electrons. The Bertz CT molecular complexity index is 317. The third-order valence-corrected chi connectivity index (χ3v) is 4.95. The molecule has 4 nitrogen and oxygen atoms in total. The molecular formula is C15H29N3O. The van der Waals surface area contributed by atoms with Crippen LogP contribution in [0.2, 0.25) is 0 Å². The van der Waals surface area contributed by atoms with Gasteiger partial charge in [0.05, 0.1) is 0 Å². The molecule has 19 heavy (non-hydrogen) atoms. The highest BCUT2D eigenvalue weighted by atomic mass is 16.2. The van der Waals surface area contributed by atoms with Crippen LogP contribution in [0.1, 0.15) is 46.5 Å². The van der Waals surface area contributed by atoms with Crippen molar-refractivity contribution in [2.24, 2.45) is 11.1 Å². The molecule has 0 atom stereocenters. The summed E-state index contributed by atoms with van der Waals surface area (Å²) >= 11 is 0. The third-order valence-electron chi connectivity index (χ3n) is 4.95. The topological polar surface area (TPSA) is 49.6 Å². The van der Waals surface area contributed by atoms with Gasteiger partial charge in [-0.1, -0.05) is 6.42 Å². The lowest BCUT2D eigenvalue weighted by molar-refractivity contribution is -0.137. The molecule has 0 spiro atoms. The van der Waals surface area contributed by atoms with E-state index in [0.29, 0.717) is 18.9 Å². The molecule has 0 aromatic heterocycles. The molecule has 2 N–H and O–H groups in total. The Kier molecular flexibility index (Phi) is 4.21.